The predicted octanol–water partition coefficient (Wildman–Crippen LogP) is -1.51. The second-order valence-electron chi connectivity index (χ2n) is 4.03. The lowest BCUT2D eigenvalue weighted by Crippen LogP contribution is -2.34. The van der Waals surface area contributed by atoms with Crippen molar-refractivity contribution in [2.45, 2.75) is 12.3 Å². The third-order valence-corrected chi connectivity index (χ3v) is 2.74. The molecule has 0 amide bonds. The fraction of sp³-hybridized carbons (Fsp3) is 0.455. The summed E-state index contributed by atoms with van der Waals surface area (Å²) in [5.41, 5.74) is 4.71. The SMILES string of the molecule is Nc1ccn([C@@H]2OC(CO)=C(O)C2OCCO)c(=O)n1. The minimum Gasteiger partial charge on any atom is -0.506 e. The average Bonchev–Trinajstić information content (AvgIpc) is 2.73. The Morgan fingerprint density at radius 3 is 2.85 bits per heavy atom. The molecule has 1 unspecified atom stereocenters. The van der Waals surface area contributed by atoms with Gasteiger partial charge >= 0.3 is 5.69 Å². The Morgan fingerprint density at radius 2 is 2.25 bits per heavy atom. The van der Waals surface area contributed by atoms with E-state index in [1.54, 1.807) is 0 Å². The van der Waals surface area contributed by atoms with E-state index in [0.29, 0.717) is 0 Å². The molecule has 20 heavy (non-hydrogen) atoms. The predicted molar refractivity (Wildman–Crippen MR) is 66.6 cm³/mol. The van der Waals surface area contributed by atoms with Gasteiger partial charge in [0.25, 0.3) is 0 Å². The number of aliphatic hydroxyl groups is 3. The number of rotatable bonds is 5. The standard InChI is InChI=1S/C11H15N3O6/c12-7-1-2-14(11(18)13-7)10-9(19-4-3-15)8(17)6(5-16)20-10/h1-2,9-10,15-17H,3-5H2,(H2,12,13,18)/t9?,10-/m1/s1. The topological polar surface area (TPSA) is 140 Å². The van der Waals surface area contributed by atoms with Crippen molar-refractivity contribution in [2.24, 2.45) is 0 Å². The molecule has 5 N–H and O–H groups in total. The van der Waals surface area contributed by atoms with Crippen LogP contribution in [0.3, 0.4) is 0 Å². The third kappa shape index (κ3) is 2.59. The molecule has 1 aromatic heterocycles. The first-order valence-corrected chi connectivity index (χ1v) is 5.85. The zero-order chi connectivity index (χ0) is 14.7. The molecule has 0 saturated carbocycles. The van der Waals surface area contributed by atoms with Gasteiger partial charge in [0.15, 0.2) is 17.6 Å². The van der Waals surface area contributed by atoms with Crippen LogP contribution in [0.5, 0.6) is 0 Å². The van der Waals surface area contributed by atoms with E-state index in [4.69, 9.17) is 25.4 Å². The van der Waals surface area contributed by atoms with E-state index in [9.17, 15) is 9.90 Å². The summed E-state index contributed by atoms with van der Waals surface area (Å²) in [6.07, 6.45) is -0.699. The average molecular weight is 285 g/mol. The van der Waals surface area contributed by atoms with Crippen LogP contribution >= 0.6 is 0 Å². The summed E-state index contributed by atoms with van der Waals surface area (Å²) in [6.45, 7) is -0.872. The Hall–Kier alpha value is -2.10. The van der Waals surface area contributed by atoms with Crippen molar-refractivity contribution < 1.29 is 24.8 Å². The molecular weight excluding hydrogens is 270 g/mol. The molecule has 0 fully saturated rings. The van der Waals surface area contributed by atoms with Gasteiger partial charge in [-0.25, -0.2) is 4.79 Å². The van der Waals surface area contributed by atoms with Gasteiger partial charge in [0.2, 0.25) is 6.23 Å². The number of aliphatic hydroxyl groups excluding tert-OH is 3. The summed E-state index contributed by atoms with van der Waals surface area (Å²) >= 11 is 0. The van der Waals surface area contributed by atoms with Crippen molar-refractivity contribution in [1.29, 1.82) is 0 Å². The van der Waals surface area contributed by atoms with E-state index in [2.05, 4.69) is 4.98 Å². The van der Waals surface area contributed by atoms with Gasteiger partial charge in [0.1, 0.15) is 12.4 Å². The molecule has 110 valence electrons. The largest absolute Gasteiger partial charge is 0.506 e. The van der Waals surface area contributed by atoms with Gasteiger partial charge in [0, 0.05) is 6.20 Å². The molecule has 0 radical (unpaired) electrons. The van der Waals surface area contributed by atoms with Gasteiger partial charge in [-0.15, -0.1) is 0 Å². The summed E-state index contributed by atoms with van der Waals surface area (Å²) in [5.74, 6) is -0.368. The minimum absolute atomic E-state index is 0.0524. The first-order valence-electron chi connectivity index (χ1n) is 5.85. The van der Waals surface area contributed by atoms with E-state index in [1.807, 2.05) is 0 Å². The Morgan fingerprint density at radius 1 is 1.50 bits per heavy atom. The minimum atomic E-state index is -1.02. The number of nitrogens with zero attached hydrogens (tertiary/aromatic N) is 2. The molecule has 0 aliphatic carbocycles. The third-order valence-electron chi connectivity index (χ3n) is 2.74. The molecule has 9 nitrogen and oxygen atoms in total. The number of aromatic nitrogens is 2. The van der Waals surface area contributed by atoms with Crippen LogP contribution in [0.4, 0.5) is 5.82 Å². The van der Waals surface area contributed by atoms with Crippen molar-refractivity contribution >= 4 is 5.82 Å². The van der Waals surface area contributed by atoms with Gasteiger partial charge in [-0.2, -0.15) is 4.98 Å². The van der Waals surface area contributed by atoms with Crippen LogP contribution < -0.4 is 11.4 Å². The maximum Gasteiger partial charge on any atom is 0.352 e. The van der Waals surface area contributed by atoms with Crippen LogP contribution in [0.15, 0.2) is 28.6 Å². The Kier molecular flexibility index (Phi) is 4.23. The van der Waals surface area contributed by atoms with Gasteiger partial charge in [0.05, 0.1) is 13.2 Å². The van der Waals surface area contributed by atoms with Gasteiger partial charge in [-0.1, -0.05) is 0 Å². The maximum absolute atomic E-state index is 11.8. The molecule has 1 aromatic rings. The fourth-order valence-electron chi connectivity index (χ4n) is 1.84. The highest BCUT2D eigenvalue weighted by Crippen LogP contribution is 2.32. The van der Waals surface area contributed by atoms with Crippen LogP contribution in [-0.2, 0) is 9.47 Å². The Balaban J connectivity index is 2.32. The van der Waals surface area contributed by atoms with Crippen LogP contribution in [0, 0.1) is 0 Å². The number of hydrogen-bond donors (Lipinski definition) is 4. The summed E-state index contributed by atoms with van der Waals surface area (Å²) in [6, 6.07) is 1.39. The van der Waals surface area contributed by atoms with E-state index < -0.39 is 24.6 Å². The lowest BCUT2D eigenvalue weighted by atomic mass is 10.2. The first kappa shape index (κ1) is 14.3. The van der Waals surface area contributed by atoms with E-state index in [-0.39, 0.29) is 30.5 Å². The molecule has 0 saturated heterocycles. The molecule has 0 aromatic carbocycles. The highest BCUT2D eigenvalue weighted by molar-refractivity contribution is 5.24. The molecule has 1 aliphatic heterocycles. The zero-order valence-electron chi connectivity index (χ0n) is 10.5. The van der Waals surface area contributed by atoms with Gasteiger partial charge in [-0.3, -0.25) is 4.57 Å². The number of nitrogen functional groups attached to an aromatic ring is 1. The molecule has 1 aliphatic rings. The van der Waals surface area contributed by atoms with Crippen molar-refractivity contribution in [3.63, 3.8) is 0 Å². The van der Waals surface area contributed by atoms with Gasteiger partial charge < -0.3 is 30.5 Å². The molecule has 2 atom stereocenters. The smallest absolute Gasteiger partial charge is 0.352 e. The summed E-state index contributed by atoms with van der Waals surface area (Å²) < 4.78 is 11.6. The van der Waals surface area contributed by atoms with Crippen LogP contribution in [0.1, 0.15) is 6.23 Å². The molecule has 2 rings (SSSR count). The normalized spacial score (nSPS) is 22.1. The zero-order valence-corrected chi connectivity index (χ0v) is 10.5. The quantitative estimate of drug-likeness (QED) is 0.512. The molecule has 0 spiro atoms. The second kappa shape index (κ2) is 5.90. The molecular formula is C11H15N3O6. The van der Waals surface area contributed by atoms with Crippen molar-refractivity contribution in [2.75, 3.05) is 25.6 Å². The molecule has 2 heterocycles. The number of anilines is 1. The highest BCUT2D eigenvalue weighted by atomic mass is 16.6. The number of nitrogens with two attached hydrogens (primary N) is 1. The molecule has 0 bridgehead atoms. The first-order chi connectivity index (χ1) is 9.58. The van der Waals surface area contributed by atoms with Crippen LogP contribution in [0.2, 0.25) is 0 Å². The van der Waals surface area contributed by atoms with Crippen molar-refractivity contribution in [3.05, 3.63) is 34.3 Å². The lowest BCUT2D eigenvalue weighted by molar-refractivity contribution is -0.0628. The summed E-state index contributed by atoms with van der Waals surface area (Å²) in [4.78, 5) is 15.3. The van der Waals surface area contributed by atoms with Crippen molar-refractivity contribution in [3.8, 4) is 0 Å². The van der Waals surface area contributed by atoms with Crippen molar-refractivity contribution in [1.82, 2.24) is 9.55 Å². The molecule has 9 heteroatoms. The number of hydrogen-bond acceptors (Lipinski definition) is 8. The van der Waals surface area contributed by atoms with E-state index in [1.165, 1.54) is 12.3 Å². The van der Waals surface area contributed by atoms with E-state index in [0.717, 1.165) is 4.57 Å². The van der Waals surface area contributed by atoms with Crippen LogP contribution in [-0.4, -0.2) is 50.8 Å². The Labute approximate surface area is 113 Å². The summed E-state index contributed by atoms with van der Waals surface area (Å²) in [7, 11) is 0. The monoisotopic (exact) mass is 285 g/mol. The van der Waals surface area contributed by atoms with E-state index >= 15 is 0 Å². The number of ether oxygens (including phenoxy) is 2. The van der Waals surface area contributed by atoms with Crippen LogP contribution in [0.25, 0.3) is 0 Å². The lowest BCUT2D eigenvalue weighted by Gasteiger charge is -2.21. The van der Waals surface area contributed by atoms with Gasteiger partial charge in [-0.05, 0) is 6.07 Å². The maximum atomic E-state index is 11.8. The summed E-state index contributed by atoms with van der Waals surface area (Å²) in [5, 5.41) is 27.7. The Bertz CT molecular complexity index is 570. The highest BCUT2D eigenvalue weighted by Gasteiger charge is 2.39. The fourth-order valence-corrected chi connectivity index (χ4v) is 1.84. The second-order valence-corrected chi connectivity index (χ2v) is 4.03.